The summed E-state index contributed by atoms with van der Waals surface area (Å²) < 4.78 is 0. The van der Waals surface area contributed by atoms with E-state index in [0.717, 1.165) is 11.4 Å². The second-order valence-electron chi connectivity index (χ2n) is 4.42. The van der Waals surface area contributed by atoms with E-state index in [1.54, 1.807) is 0 Å². The average Bonchev–Trinajstić information content (AvgIpc) is 2.60. The molecule has 0 radical (unpaired) electrons. The van der Waals surface area contributed by atoms with Gasteiger partial charge in [0.15, 0.2) is 0 Å². The minimum absolute atomic E-state index is 0.187. The van der Waals surface area contributed by atoms with Crippen LogP contribution in [0.3, 0.4) is 0 Å². The van der Waals surface area contributed by atoms with Gasteiger partial charge in [0.1, 0.15) is 0 Å². The molecule has 3 nitrogen and oxygen atoms in total. The van der Waals surface area contributed by atoms with Gasteiger partial charge in [0.05, 0.1) is 6.04 Å². The van der Waals surface area contributed by atoms with Crippen molar-refractivity contribution in [1.82, 2.24) is 5.32 Å². The molecule has 0 atom stereocenters. The molecule has 86 valence electrons. The lowest BCUT2D eigenvalue weighted by atomic mass is 10.1. The SMILES string of the molecule is CNC1c2cc(N)ccc2-c2ccc(N)cc21. The Hall–Kier alpha value is -2.00. The fourth-order valence-corrected chi connectivity index (χ4v) is 2.61. The van der Waals surface area contributed by atoms with E-state index in [1.807, 2.05) is 31.3 Å². The van der Waals surface area contributed by atoms with Crippen molar-refractivity contribution >= 4 is 11.4 Å². The minimum atomic E-state index is 0.187. The summed E-state index contributed by atoms with van der Waals surface area (Å²) in [5.74, 6) is 0. The lowest BCUT2D eigenvalue weighted by molar-refractivity contribution is 0.708. The highest BCUT2D eigenvalue weighted by atomic mass is 14.9. The summed E-state index contributed by atoms with van der Waals surface area (Å²) in [5, 5.41) is 3.32. The molecule has 0 bridgehead atoms. The van der Waals surface area contributed by atoms with Crippen LogP contribution in [0.5, 0.6) is 0 Å². The first-order chi connectivity index (χ1) is 8.20. The normalized spacial score (nSPS) is 13.5. The van der Waals surface area contributed by atoms with Gasteiger partial charge >= 0.3 is 0 Å². The van der Waals surface area contributed by atoms with Crippen molar-refractivity contribution in [2.75, 3.05) is 18.5 Å². The first-order valence-electron chi connectivity index (χ1n) is 5.67. The van der Waals surface area contributed by atoms with E-state index in [0.29, 0.717) is 0 Å². The second-order valence-corrected chi connectivity index (χ2v) is 4.42. The fraction of sp³-hybridized carbons (Fsp3) is 0.143. The Bertz CT molecular complexity index is 539. The second kappa shape index (κ2) is 3.50. The molecule has 0 spiro atoms. The Morgan fingerprint density at radius 3 is 1.76 bits per heavy atom. The molecule has 5 N–H and O–H groups in total. The predicted octanol–water partition coefficient (Wildman–Crippen LogP) is 2.14. The van der Waals surface area contributed by atoms with E-state index >= 15 is 0 Å². The smallest absolute Gasteiger partial charge is 0.0588 e. The molecule has 0 saturated carbocycles. The molecule has 0 aliphatic heterocycles. The van der Waals surface area contributed by atoms with Crippen LogP contribution < -0.4 is 16.8 Å². The molecule has 0 fully saturated rings. The quantitative estimate of drug-likeness (QED) is 0.651. The van der Waals surface area contributed by atoms with Gasteiger partial charge in [-0.3, -0.25) is 0 Å². The lowest BCUT2D eigenvalue weighted by Gasteiger charge is -2.12. The monoisotopic (exact) mass is 225 g/mol. The number of nitrogens with two attached hydrogens (primary N) is 2. The van der Waals surface area contributed by atoms with Crippen molar-refractivity contribution in [2.45, 2.75) is 6.04 Å². The van der Waals surface area contributed by atoms with Crippen LogP contribution in [0, 0.1) is 0 Å². The summed E-state index contributed by atoms with van der Waals surface area (Å²) in [4.78, 5) is 0. The van der Waals surface area contributed by atoms with Crippen molar-refractivity contribution < 1.29 is 0 Å². The summed E-state index contributed by atoms with van der Waals surface area (Å²) in [6, 6.07) is 12.3. The highest BCUT2D eigenvalue weighted by Crippen LogP contribution is 2.44. The van der Waals surface area contributed by atoms with Crippen LogP contribution in [-0.2, 0) is 0 Å². The Balaban J connectivity index is 2.28. The van der Waals surface area contributed by atoms with Crippen molar-refractivity contribution in [2.24, 2.45) is 0 Å². The largest absolute Gasteiger partial charge is 0.399 e. The standard InChI is InChI=1S/C14H15N3/c1-17-14-12-6-8(15)2-4-10(12)11-5-3-9(16)7-13(11)14/h2-7,14,17H,15-16H2,1H3. The molecule has 0 amide bonds. The molecule has 17 heavy (non-hydrogen) atoms. The maximum atomic E-state index is 5.86. The Kier molecular flexibility index (Phi) is 2.09. The molecule has 3 heteroatoms. The summed E-state index contributed by atoms with van der Waals surface area (Å²) >= 11 is 0. The molecular weight excluding hydrogens is 210 g/mol. The fourth-order valence-electron chi connectivity index (χ4n) is 2.61. The van der Waals surface area contributed by atoms with Crippen molar-refractivity contribution in [3.8, 4) is 11.1 Å². The molecule has 2 aromatic rings. The number of anilines is 2. The van der Waals surface area contributed by atoms with Crippen LogP contribution in [-0.4, -0.2) is 7.05 Å². The van der Waals surface area contributed by atoms with Crippen LogP contribution in [0.4, 0.5) is 11.4 Å². The molecule has 1 aliphatic carbocycles. The molecule has 0 heterocycles. The van der Waals surface area contributed by atoms with E-state index < -0.39 is 0 Å². The molecule has 0 saturated heterocycles. The van der Waals surface area contributed by atoms with Gasteiger partial charge < -0.3 is 16.8 Å². The van der Waals surface area contributed by atoms with Crippen molar-refractivity contribution in [3.63, 3.8) is 0 Å². The zero-order chi connectivity index (χ0) is 12.0. The van der Waals surface area contributed by atoms with E-state index in [9.17, 15) is 0 Å². The Morgan fingerprint density at radius 2 is 1.35 bits per heavy atom. The summed E-state index contributed by atoms with van der Waals surface area (Å²) in [5.41, 5.74) is 18.3. The number of hydrogen-bond acceptors (Lipinski definition) is 3. The average molecular weight is 225 g/mol. The third-order valence-corrected chi connectivity index (χ3v) is 3.35. The summed E-state index contributed by atoms with van der Waals surface area (Å²) in [7, 11) is 1.95. The van der Waals surface area contributed by atoms with Crippen LogP contribution in [0.25, 0.3) is 11.1 Å². The summed E-state index contributed by atoms with van der Waals surface area (Å²) in [6.07, 6.45) is 0. The molecule has 3 rings (SSSR count). The third-order valence-electron chi connectivity index (χ3n) is 3.35. The van der Waals surface area contributed by atoms with Gasteiger partial charge in [-0.05, 0) is 53.6 Å². The molecule has 0 aromatic heterocycles. The molecule has 2 aromatic carbocycles. The Morgan fingerprint density at radius 1 is 0.882 bits per heavy atom. The number of nitrogen functional groups attached to an aromatic ring is 2. The maximum Gasteiger partial charge on any atom is 0.0588 e. The molecule has 0 unspecified atom stereocenters. The van der Waals surface area contributed by atoms with Crippen LogP contribution in [0.15, 0.2) is 36.4 Å². The van der Waals surface area contributed by atoms with E-state index in [-0.39, 0.29) is 6.04 Å². The number of benzene rings is 2. The van der Waals surface area contributed by atoms with Gasteiger partial charge in [-0.25, -0.2) is 0 Å². The zero-order valence-electron chi connectivity index (χ0n) is 9.70. The number of hydrogen-bond donors (Lipinski definition) is 3. The minimum Gasteiger partial charge on any atom is -0.399 e. The first kappa shape index (κ1) is 10.2. The van der Waals surface area contributed by atoms with Gasteiger partial charge in [-0.15, -0.1) is 0 Å². The van der Waals surface area contributed by atoms with Gasteiger partial charge in [0, 0.05) is 11.4 Å². The Labute approximate surface area is 100 Å². The lowest BCUT2D eigenvalue weighted by Crippen LogP contribution is -2.15. The van der Waals surface area contributed by atoms with Gasteiger partial charge in [0.25, 0.3) is 0 Å². The van der Waals surface area contributed by atoms with Gasteiger partial charge in [-0.2, -0.15) is 0 Å². The zero-order valence-corrected chi connectivity index (χ0v) is 9.70. The maximum absolute atomic E-state index is 5.86. The van der Waals surface area contributed by atoms with Crippen molar-refractivity contribution in [3.05, 3.63) is 47.5 Å². The number of nitrogens with one attached hydrogen (secondary N) is 1. The van der Waals surface area contributed by atoms with Crippen molar-refractivity contribution in [1.29, 1.82) is 0 Å². The van der Waals surface area contributed by atoms with Gasteiger partial charge in [0.2, 0.25) is 0 Å². The van der Waals surface area contributed by atoms with Crippen LogP contribution >= 0.6 is 0 Å². The van der Waals surface area contributed by atoms with E-state index in [4.69, 9.17) is 11.5 Å². The molecule has 1 aliphatic rings. The van der Waals surface area contributed by atoms with E-state index in [2.05, 4.69) is 17.4 Å². The highest BCUT2D eigenvalue weighted by molar-refractivity contribution is 5.81. The highest BCUT2D eigenvalue weighted by Gasteiger charge is 2.27. The topological polar surface area (TPSA) is 64.1 Å². The van der Waals surface area contributed by atoms with Crippen LogP contribution in [0.1, 0.15) is 17.2 Å². The van der Waals surface area contributed by atoms with Gasteiger partial charge in [-0.1, -0.05) is 12.1 Å². The predicted molar refractivity (Wildman–Crippen MR) is 71.6 cm³/mol. The first-order valence-corrected chi connectivity index (χ1v) is 5.67. The number of fused-ring (bicyclic) bond motifs is 3. The molecular formula is C14H15N3. The van der Waals surface area contributed by atoms with E-state index in [1.165, 1.54) is 22.3 Å². The summed E-state index contributed by atoms with van der Waals surface area (Å²) in [6.45, 7) is 0. The third kappa shape index (κ3) is 1.40. The van der Waals surface area contributed by atoms with Crippen LogP contribution in [0.2, 0.25) is 0 Å². The number of rotatable bonds is 1.